The minimum absolute atomic E-state index is 0.0534. The molecule has 0 saturated carbocycles. The van der Waals surface area contributed by atoms with E-state index >= 15 is 0 Å². The smallest absolute Gasteiger partial charge is 0.217 e. The third kappa shape index (κ3) is 3.51. The molecular weight excluding hydrogens is 154 g/mol. The molecule has 0 bridgehead atoms. The lowest BCUT2D eigenvalue weighted by Gasteiger charge is -2.21. The highest BCUT2D eigenvalue weighted by Gasteiger charge is 2.26. The molecule has 12 heavy (non-hydrogen) atoms. The maximum atomic E-state index is 11.5. The number of rotatable bonds is 2. The monoisotopic (exact) mass is 171 g/mol. The topological polar surface area (TPSA) is 46.2 Å². The molecule has 0 radical (unpaired) electrons. The van der Waals surface area contributed by atoms with Gasteiger partial charge in [-0.05, 0) is 6.92 Å². The molecule has 0 aromatic heterocycles. The summed E-state index contributed by atoms with van der Waals surface area (Å²) in [7, 11) is 0. The highest BCUT2D eigenvalue weighted by molar-refractivity contribution is 5.91. The number of carbonyl (C=O) groups is 2. The SMILES string of the molecule is CC(=O)NC(C)C(=O)C(C)(C)C. The average molecular weight is 171 g/mol. The van der Waals surface area contributed by atoms with Crippen molar-refractivity contribution >= 4 is 11.7 Å². The highest BCUT2D eigenvalue weighted by atomic mass is 16.2. The number of hydrogen-bond donors (Lipinski definition) is 1. The van der Waals surface area contributed by atoms with Crippen molar-refractivity contribution in [3.05, 3.63) is 0 Å². The highest BCUT2D eigenvalue weighted by Crippen LogP contribution is 2.16. The van der Waals surface area contributed by atoms with Gasteiger partial charge < -0.3 is 5.32 Å². The van der Waals surface area contributed by atoms with Crippen LogP contribution < -0.4 is 5.32 Å². The Morgan fingerprint density at radius 2 is 1.67 bits per heavy atom. The molecule has 0 aliphatic carbocycles. The second kappa shape index (κ2) is 3.70. The molecule has 0 saturated heterocycles. The van der Waals surface area contributed by atoms with Gasteiger partial charge >= 0.3 is 0 Å². The number of hydrogen-bond acceptors (Lipinski definition) is 2. The Morgan fingerprint density at radius 3 is 1.92 bits per heavy atom. The molecule has 1 atom stereocenters. The van der Waals surface area contributed by atoms with Crippen LogP contribution in [0.25, 0.3) is 0 Å². The molecule has 0 aromatic carbocycles. The quantitative estimate of drug-likeness (QED) is 0.677. The van der Waals surface area contributed by atoms with E-state index in [0.29, 0.717) is 0 Å². The Morgan fingerprint density at radius 1 is 1.25 bits per heavy atom. The Balaban J connectivity index is 4.21. The van der Waals surface area contributed by atoms with E-state index in [9.17, 15) is 9.59 Å². The van der Waals surface area contributed by atoms with Gasteiger partial charge in [-0.3, -0.25) is 9.59 Å². The summed E-state index contributed by atoms with van der Waals surface area (Å²) in [5, 5.41) is 2.56. The standard InChI is InChI=1S/C9H17NO2/c1-6(10-7(2)11)8(12)9(3,4)5/h6H,1-5H3,(H,10,11). The molecular formula is C9H17NO2. The Hall–Kier alpha value is -0.860. The lowest BCUT2D eigenvalue weighted by Crippen LogP contribution is -2.42. The van der Waals surface area contributed by atoms with Crippen LogP contribution in [0.3, 0.4) is 0 Å². The summed E-state index contributed by atoms with van der Waals surface area (Å²) in [6.45, 7) is 8.64. The van der Waals surface area contributed by atoms with E-state index in [0.717, 1.165) is 0 Å². The fraction of sp³-hybridized carbons (Fsp3) is 0.778. The van der Waals surface area contributed by atoms with Crippen LogP contribution >= 0.6 is 0 Å². The van der Waals surface area contributed by atoms with Crippen LogP contribution in [0, 0.1) is 5.41 Å². The molecule has 3 heteroatoms. The second-order valence-electron chi connectivity index (χ2n) is 4.04. The van der Waals surface area contributed by atoms with E-state index in [-0.39, 0.29) is 23.1 Å². The van der Waals surface area contributed by atoms with E-state index < -0.39 is 0 Å². The van der Waals surface area contributed by atoms with Crippen LogP contribution in [0.5, 0.6) is 0 Å². The van der Waals surface area contributed by atoms with Gasteiger partial charge in [-0.2, -0.15) is 0 Å². The molecule has 0 heterocycles. The van der Waals surface area contributed by atoms with Crippen molar-refractivity contribution in [2.45, 2.75) is 40.7 Å². The minimum atomic E-state index is -0.387. The first-order chi connectivity index (χ1) is 5.25. The van der Waals surface area contributed by atoms with Gasteiger partial charge in [-0.15, -0.1) is 0 Å². The fourth-order valence-electron chi connectivity index (χ4n) is 1.02. The zero-order chi connectivity index (χ0) is 9.94. The van der Waals surface area contributed by atoms with E-state index in [1.165, 1.54) is 6.92 Å². The number of nitrogens with one attached hydrogen (secondary N) is 1. The van der Waals surface area contributed by atoms with Gasteiger partial charge in [0.2, 0.25) is 5.91 Å². The number of amides is 1. The largest absolute Gasteiger partial charge is 0.347 e. The summed E-state index contributed by atoms with van der Waals surface area (Å²) >= 11 is 0. The van der Waals surface area contributed by atoms with Crippen LogP contribution in [0.1, 0.15) is 34.6 Å². The molecule has 0 rings (SSSR count). The minimum Gasteiger partial charge on any atom is -0.347 e. The van der Waals surface area contributed by atoms with Gasteiger partial charge in [0.1, 0.15) is 0 Å². The third-order valence-corrected chi connectivity index (χ3v) is 1.55. The van der Waals surface area contributed by atoms with E-state index in [1.54, 1.807) is 6.92 Å². The van der Waals surface area contributed by atoms with Crippen molar-refractivity contribution in [3.8, 4) is 0 Å². The van der Waals surface area contributed by atoms with Crippen LogP contribution in [0.2, 0.25) is 0 Å². The molecule has 0 spiro atoms. The molecule has 1 N–H and O–H groups in total. The maximum absolute atomic E-state index is 11.5. The van der Waals surface area contributed by atoms with Crippen molar-refractivity contribution in [3.63, 3.8) is 0 Å². The molecule has 1 amide bonds. The second-order valence-corrected chi connectivity index (χ2v) is 4.04. The van der Waals surface area contributed by atoms with Crippen molar-refractivity contribution < 1.29 is 9.59 Å². The molecule has 3 nitrogen and oxygen atoms in total. The Labute approximate surface area is 73.5 Å². The van der Waals surface area contributed by atoms with E-state index in [1.807, 2.05) is 20.8 Å². The number of carbonyl (C=O) groups excluding carboxylic acids is 2. The van der Waals surface area contributed by atoms with Crippen LogP contribution in [0.4, 0.5) is 0 Å². The predicted octanol–water partition coefficient (Wildman–Crippen LogP) is 1.13. The summed E-state index contributed by atoms with van der Waals surface area (Å²) in [5.74, 6) is -0.113. The number of Topliss-reactive ketones (excluding diaryl/α,β-unsaturated/α-hetero) is 1. The first-order valence-electron chi connectivity index (χ1n) is 4.06. The lowest BCUT2D eigenvalue weighted by atomic mass is 9.87. The van der Waals surface area contributed by atoms with Crippen LogP contribution in [-0.4, -0.2) is 17.7 Å². The first kappa shape index (κ1) is 11.1. The zero-order valence-corrected chi connectivity index (χ0v) is 8.39. The summed E-state index contributed by atoms with van der Waals surface area (Å²) in [5.41, 5.74) is -0.387. The van der Waals surface area contributed by atoms with Crippen LogP contribution in [0.15, 0.2) is 0 Å². The molecule has 1 unspecified atom stereocenters. The first-order valence-corrected chi connectivity index (χ1v) is 4.06. The maximum Gasteiger partial charge on any atom is 0.217 e. The van der Waals surface area contributed by atoms with E-state index in [4.69, 9.17) is 0 Å². The summed E-state index contributed by atoms with van der Waals surface area (Å²) in [6, 6.07) is -0.387. The molecule has 0 aromatic rings. The zero-order valence-electron chi connectivity index (χ0n) is 8.39. The van der Waals surface area contributed by atoms with Crippen molar-refractivity contribution in [2.75, 3.05) is 0 Å². The molecule has 0 fully saturated rings. The van der Waals surface area contributed by atoms with Gasteiger partial charge in [0.25, 0.3) is 0 Å². The number of ketones is 1. The van der Waals surface area contributed by atoms with Crippen LogP contribution in [-0.2, 0) is 9.59 Å². The van der Waals surface area contributed by atoms with Gasteiger partial charge in [-0.25, -0.2) is 0 Å². The Kier molecular flexibility index (Phi) is 3.43. The third-order valence-electron chi connectivity index (χ3n) is 1.55. The van der Waals surface area contributed by atoms with Gasteiger partial charge in [0, 0.05) is 12.3 Å². The predicted molar refractivity (Wildman–Crippen MR) is 47.7 cm³/mol. The van der Waals surface area contributed by atoms with Crippen molar-refractivity contribution in [1.82, 2.24) is 5.32 Å². The summed E-state index contributed by atoms with van der Waals surface area (Å²) < 4.78 is 0. The summed E-state index contributed by atoms with van der Waals surface area (Å²) in [4.78, 5) is 22.1. The van der Waals surface area contributed by atoms with Crippen molar-refractivity contribution in [2.24, 2.45) is 5.41 Å². The summed E-state index contributed by atoms with van der Waals surface area (Å²) in [6.07, 6.45) is 0. The fourth-order valence-corrected chi connectivity index (χ4v) is 1.02. The Bertz CT molecular complexity index is 191. The average Bonchev–Trinajstić information content (AvgIpc) is 1.82. The molecule has 0 aliphatic rings. The van der Waals surface area contributed by atoms with Gasteiger partial charge in [0.05, 0.1) is 6.04 Å². The normalized spacial score (nSPS) is 13.8. The van der Waals surface area contributed by atoms with Gasteiger partial charge in [0.15, 0.2) is 5.78 Å². The molecule has 70 valence electrons. The van der Waals surface area contributed by atoms with Crippen molar-refractivity contribution in [1.29, 1.82) is 0 Å². The van der Waals surface area contributed by atoms with E-state index in [2.05, 4.69) is 5.32 Å². The van der Waals surface area contributed by atoms with Gasteiger partial charge in [-0.1, -0.05) is 20.8 Å². The lowest BCUT2D eigenvalue weighted by molar-refractivity contribution is -0.131. The molecule has 0 aliphatic heterocycles.